The lowest BCUT2D eigenvalue weighted by atomic mass is 10.1. The van der Waals surface area contributed by atoms with Crippen LogP contribution in [0.1, 0.15) is 25.8 Å². The van der Waals surface area contributed by atoms with Crippen LogP contribution in [0.15, 0.2) is 30.3 Å². The molecule has 0 radical (unpaired) electrons. The lowest BCUT2D eigenvalue weighted by Gasteiger charge is -2.26. The Balaban J connectivity index is 2.80. The van der Waals surface area contributed by atoms with Crippen molar-refractivity contribution in [2.24, 2.45) is 0 Å². The smallest absolute Gasteiger partial charge is 0.220 e. The van der Waals surface area contributed by atoms with Crippen LogP contribution < -0.4 is 0 Å². The topological polar surface area (TPSA) is 37.4 Å². The molecule has 1 aromatic rings. The fraction of sp³-hybridized carbons (Fsp3) is 0.385. The van der Waals surface area contributed by atoms with Crippen LogP contribution >= 0.6 is 0 Å². The lowest BCUT2D eigenvalue weighted by molar-refractivity contribution is -0.135. The van der Waals surface area contributed by atoms with Gasteiger partial charge in [0.15, 0.2) is 0 Å². The van der Waals surface area contributed by atoms with E-state index < -0.39 is 0 Å². The number of carbonyl (C=O) groups is 2. The van der Waals surface area contributed by atoms with Gasteiger partial charge in [-0.1, -0.05) is 37.3 Å². The second-order valence-electron chi connectivity index (χ2n) is 3.74. The number of aldehydes is 1. The Bertz CT molecular complexity index is 348. The van der Waals surface area contributed by atoms with Gasteiger partial charge in [0.2, 0.25) is 5.91 Å². The molecule has 0 N–H and O–H groups in total. The van der Waals surface area contributed by atoms with Gasteiger partial charge in [-0.05, 0) is 12.0 Å². The highest BCUT2D eigenvalue weighted by Crippen LogP contribution is 2.09. The molecular formula is C13H17NO2. The quantitative estimate of drug-likeness (QED) is 0.710. The first-order chi connectivity index (χ1) is 7.69. The zero-order chi connectivity index (χ0) is 12.0. The van der Waals surface area contributed by atoms with Gasteiger partial charge in [-0.25, -0.2) is 0 Å². The maximum absolute atomic E-state index is 11.5. The number of amides is 1. The van der Waals surface area contributed by atoms with Crippen molar-refractivity contribution < 1.29 is 9.59 Å². The zero-order valence-corrected chi connectivity index (χ0v) is 9.72. The number of benzene rings is 1. The summed E-state index contributed by atoms with van der Waals surface area (Å²) in [6, 6.07) is 9.36. The summed E-state index contributed by atoms with van der Waals surface area (Å²) < 4.78 is 0. The molecule has 0 aliphatic rings. The molecule has 0 bridgehead atoms. The van der Waals surface area contributed by atoms with Crippen LogP contribution in [0.4, 0.5) is 0 Å². The van der Waals surface area contributed by atoms with Crippen molar-refractivity contribution in [2.45, 2.75) is 32.9 Å². The van der Waals surface area contributed by atoms with E-state index in [0.29, 0.717) is 13.0 Å². The summed E-state index contributed by atoms with van der Waals surface area (Å²) >= 11 is 0. The lowest BCUT2D eigenvalue weighted by Crippen LogP contribution is -2.39. The molecule has 0 fully saturated rings. The maximum Gasteiger partial charge on any atom is 0.220 e. The highest BCUT2D eigenvalue weighted by atomic mass is 16.2. The maximum atomic E-state index is 11.5. The summed E-state index contributed by atoms with van der Waals surface area (Å²) in [5.41, 5.74) is 1.04. The van der Waals surface area contributed by atoms with Crippen molar-refractivity contribution in [1.29, 1.82) is 0 Å². The number of hydrogen-bond donors (Lipinski definition) is 0. The van der Waals surface area contributed by atoms with E-state index in [-0.39, 0.29) is 11.9 Å². The van der Waals surface area contributed by atoms with E-state index >= 15 is 0 Å². The third kappa shape index (κ3) is 3.19. The van der Waals surface area contributed by atoms with Crippen molar-refractivity contribution in [2.75, 3.05) is 0 Å². The molecular weight excluding hydrogens is 202 g/mol. The van der Waals surface area contributed by atoms with E-state index in [0.717, 1.165) is 11.8 Å². The van der Waals surface area contributed by atoms with Gasteiger partial charge in [0, 0.05) is 13.5 Å². The molecule has 16 heavy (non-hydrogen) atoms. The molecule has 0 aliphatic heterocycles. The second-order valence-corrected chi connectivity index (χ2v) is 3.74. The van der Waals surface area contributed by atoms with E-state index in [1.807, 2.05) is 37.3 Å². The molecule has 0 saturated carbocycles. The largest absolute Gasteiger partial charge is 0.329 e. The van der Waals surface area contributed by atoms with E-state index in [1.54, 1.807) is 4.90 Å². The molecule has 1 amide bonds. The SMILES string of the molecule is CCC(C=O)N(Cc1ccccc1)C(C)=O. The normalized spacial score (nSPS) is 11.9. The summed E-state index contributed by atoms with van der Waals surface area (Å²) in [5.74, 6) is -0.0668. The fourth-order valence-corrected chi connectivity index (χ4v) is 1.63. The molecule has 0 aromatic heterocycles. The Labute approximate surface area is 96.1 Å². The minimum Gasteiger partial charge on any atom is -0.329 e. The second kappa shape index (κ2) is 6.05. The van der Waals surface area contributed by atoms with E-state index in [4.69, 9.17) is 0 Å². The van der Waals surface area contributed by atoms with Crippen molar-refractivity contribution in [3.05, 3.63) is 35.9 Å². The van der Waals surface area contributed by atoms with Gasteiger partial charge in [0.1, 0.15) is 6.29 Å². The Morgan fingerprint density at radius 2 is 2.00 bits per heavy atom. The Morgan fingerprint density at radius 3 is 2.44 bits per heavy atom. The van der Waals surface area contributed by atoms with Crippen LogP contribution in [-0.2, 0) is 16.1 Å². The third-order valence-corrected chi connectivity index (χ3v) is 2.58. The highest BCUT2D eigenvalue weighted by Gasteiger charge is 2.18. The summed E-state index contributed by atoms with van der Waals surface area (Å²) in [4.78, 5) is 24.0. The third-order valence-electron chi connectivity index (χ3n) is 2.58. The van der Waals surface area contributed by atoms with Gasteiger partial charge in [-0.2, -0.15) is 0 Å². The van der Waals surface area contributed by atoms with Crippen LogP contribution in [0.3, 0.4) is 0 Å². The molecule has 1 rings (SSSR count). The average Bonchev–Trinajstić information content (AvgIpc) is 2.30. The molecule has 0 heterocycles. The van der Waals surface area contributed by atoms with Crippen molar-refractivity contribution in [1.82, 2.24) is 4.90 Å². The van der Waals surface area contributed by atoms with Gasteiger partial charge < -0.3 is 9.69 Å². The van der Waals surface area contributed by atoms with Crippen LogP contribution in [0.2, 0.25) is 0 Å². The van der Waals surface area contributed by atoms with Gasteiger partial charge in [-0.3, -0.25) is 4.79 Å². The highest BCUT2D eigenvalue weighted by molar-refractivity contribution is 5.77. The summed E-state index contributed by atoms with van der Waals surface area (Å²) in [6.07, 6.45) is 1.49. The van der Waals surface area contributed by atoms with E-state index in [1.165, 1.54) is 6.92 Å². The number of rotatable bonds is 5. The molecule has 1 aromatic carbocycles. The standard InChI is InChI=1S/C13H17NO2/c1-3-13(10-15)14(11(2)16)9-12-7-5-4-6-8-12/h4-8,10,13H,3,9H2,1-2H3. The summed E-state index contributed by atoms with van der Waals surface area (Å²) in [6.45, 7) is 3.89. The molecule has 3 heteroatoms. The predicted octanol–water partition coefficient (Wildman–Crippen LogP) is 2.01. The first-order valence-corrected chi connectivity index (χ1v) is 5.45. The molecule has 0 aliphatic carbocycles. The van der Waals surface area contributed by atoms with Crippen LogP contribution in [0.5, 0.6) is 0 Å². The minimum absolute atomic E-state index is 0.0668. The van der Waals surface area contributed by atoms with Crippen molar-refractivity contribution >= 4 is 12.2 Å². The number of carbonyl (C=O) groups excluding carboxylic acids is 2. The molecule has 3 nitrogen and oxygen atoms in total. The van der Waals surface area contributed by atoms with Gasteiger partial charge in [0.05, 0.1) is 6.04 Å². The predicted molar refractivity (Wildman–Crippen MR) is 62.8 cm³/mol. The Morgan fingerprint density at radius 1 is 1.38 bits per heavy atom. The Kier molecular flexibility index (Phi) is 4.70. The van der Waals surface area contributed by atoms with Crippen molar-refractivity contribution in [3.8, 4) is 0 Å². The van der Waals surface area contributed by atoms with Gasteiger partial charge >= 0.3 is 0 Å². The van der Waals surface area contributed by atoms with Crippen molar-refractivity contribution in [3.63, 3.8) is 0 Å². The fourth-order valence-electron chi connectivity index (χ4n) is 1.63. The van der Waals surface area contributed by atoms with Crippen LogP contribution in [-0.4, -0.2) is 23.1 Å². The van der Waals surface area contributed by atoms with Crippen LogP contribution in [0.25, 0.3) is 0 Å². The summed E-state index contributed by atoms with van der Waals surface area (Å²) in [7, 11) is 0. The molecule has 1 unspecified atom stereocenters. The number of nitrogens with zero attached hydrogens (tertiary/aromatic N) is 1. The molecule has 0 saturated heterocycles. The molecule has 86 valence electrons. The van der Waals surface area contributed by atoms with Crippen LogP contribution in [0, 0.1) is 0 Å². The van der Waals surface area contributed by atoms with Gasteiger partial charge in [-0.15, -0.1) is 0 Å². The molecule has 1 atom stereocenters. The minimum atomic E-state index is -0.322. The Hall–Kier alpha value is -1.64. The summed E-state index contributed by atoms with van der Waals surface area (Å²) in [5, 5.41) is 0. The first-order valence-electron chi connectivity index (χ1n) is 5.45. The number of hydrogen-bond acceptors (Lipinski definition) is 2. The monoisotopic (exact) mass is 219 g/mol. The van der Waals surface area contributed by atoms with Gasteiger partial charge in [0.25, 0.3) is 0 Å². The first kappa shape index (κ1) is 12.4. The van der Waals surface area contributed by atoms with E-state index in [2.05, 4.69) is 0 Å². The van der Waals surface area contributed by atoms with E-state index in [9.17, 15) is 9.59 Å². The molecule has 0 spiro atoms. The average molecular weight is 219 g/mol. The zero-order valence-electron chi connectivity index (χ0n) is 9.72.